The smallest absolute Gasteiger partial charge is 0.261 e. The van der Waals surface area contributed by atoms with E-state index in [4.69, 9.17) is 4.74 Å². The van der Waals surface area contributed by atoms with E-state index < -0.39 is 6.10 Å². The molecule has 0 spiro atoms. The Kier molecular flexibility index (Phi) is 18.9. The van der Waals surface area contributed by atoms with Gasteiger partial charge in [0, 0.05) is 6.61 Å². The highest BCUT2D eigenvalue weighted by molar-refractivity contribution is 6.21. The quantitative estimate of drug-likeness (QED) is 0.241. The summed E-state index contributed by atoms with van der Waals surface area (Å²) in [6.07, 6.45) is 11.8. The van der Waals surface area contributed by atoms with Crippen LogP contribution in [0.25, 0.3) is 0 Å². The van der Waals surface area contributed by atoms with Gasteiger partial charge in [0.1, 0.15) is 0 Å². The molecule has 1 aromatic carbocycles. The Bertz CT molecular complexity index is 582. The number of aliphatic hydroxyl groups is 1. The van der Waals surface area contributed by atoms with E-state index in [1.54, 1.807) is 24.3 Å². The van der Waals surface area contributed by atoms with Crippen molar-refractivity contribution in [2.24, 2.45) is 0 Å². The summed E-state index contributed by atoms with van der Waals surface area (Å²) in [6.45, 7) is 11.0. The van der Waals surface area contributed by atoms with Crippen molar-refractivity contribution >= 4 is 11.8 Å². The van der Waals surface area contributed by atoms with Crippen LogP contribution in [0.3, 0.4) is 0 Å². The van der Waals surface area contributed by atoms with E-state index >= 15 is 0 Å². The lowest BCUT2D eigenvalue weighted by Gasteiger charge is -2.18. The third kappa shape index (κ3) is 11.2. The molecule has 1 aromatic rings. The van der Waals surface area contributed by atoms with Gasteiger partial charge in [-0.2, -0.15) is 0 Å². The third-order valence-electron chi connectivity index (χ3n) is 5.22. The molecule has 1 unspecified atom stereocenters. The van der Waals surface area contributed by atoms with Crippen LogP contribution < -0.4 is 0 Å². The molecule has 1 N–H and O–H groups in total. The number of nitrogens with zero attached hydrogens (tertiary/aromatic N) is 1. The summed E-state index contributed by atoms with van der Waals surface area (Å²) in [6, 6.07) is 6.76. The largest absolute Gasteiger partial charge is 0.389 e. The van der Waals surface area contributed by atoms with Gasteiger partial charge in [-0.15, -0.1) is 0 Å². The molecule has 5 nitrogen and oxygen atoms in total. The molecule has 184 valence electrons. The minimum absolute atomic E-state index is 0.0234. The first-order valence-corrected chi connectivity index (χ1v) is 12.9. The molecule has 1 atom stereocenters. The van der Waals surface area contributed by atoms with Crippen molar-refractivity contribution in [3.05, 3.63) is 35.4 Å². The second-order valence-corrected chi connectivity index (χ2v) is 7.68. The normalized spacial score (nSPS) is 13.1. The second kappa shape index (κ2) is 19.9. The number of rotatable bonds is 15. The minimum atomic E-state index is -0.856. The lowest BCUT2D eigenvalue weighted by molar-refractivity contribution is 0.0166. The Balaban J connectivity index is 0.00000227. The summed E-state index contributed by atoms with van der Waals surface area (Å²) >= 11 is 0. The number of carbonyl (C=O) groups excluding carboxylic acids is 2. The van der Waals surface area contributed by atoms with Gasteiger partial charge in [-0.05, 0) is 18.6 Å². The number of hydrogen-bond acceptors (Lipinski definition) is 4. The van der Waals surface area contributed by atoms with Crippen molar-refractivity contribution in [2.45, 2.75) is 105 Å². The highest BCUT2D eigenvalue weighted by atomic mass is 16.5. The van der Waals surface area contributed by atoms with Crippen LogP contribution in [0.4, 0.5) is 0 Å². The molecule has 0 saturated heterocycles. The number of fused-ring (bicyclic) bond motifs is 1. The summed E-state index contributed by atoms with van der Waals surface area (Å²) in [5, 5.41) is 10.1. The number of carbonyl (C=O) groups is 2. The molecular formula is C27H47NO4. The SMILES string of the molecule is CC.CC.CCCCCCCCCCCCOCC(O)CN1C(=O)c2ccccc2C1=O. The zero-order valence-electron chi connectivity index (χ0n) is 21.2. The van der Waals surface area contributed by atoms with Gasteiger partial charge in [0.25, 0.3) is 11.8 Å². The summed E-state index contributed by atoms with van der Waals surface area (Å²) in [4.78, 5) is 25.7. The van der Waals surface area contributed by atoms with Crippen molar-refractivity contribution in [2.75, 3.05) is 19.8 Å². The van der Waals surface area contributed by atoms with E-state index in [1.165, 1.54) is 51.4 Å². The molecule has 0 saturated carbocycles. The molecule has 1 aliphatic heterocycles. The number of aliphatic hydroxyl groups excluding tert-OH is 1. The zero-order valence-corrected chi connectivity index (χ0v) is 21.2. The molecule has 0 radical (unpaired) electrons. The molecule has 2 rings (SSSR count). The van der Waals surface area contributed by atoms with Gasteiger partial charge in [-0.25, -0.2) is 0 Å². The first-order valence-electron chi connectivity index (χ1n) is 12.9. The van der Waals surface area contributed by atoms with Gasteiger partial charge in [0.05, 0.1) is 30.4 Å². The van der Waals surface area contributed by atoms with Crippen LogP contribution in [-0.2, 0) is 4.74 Å². The molecule has 1 aliphatic rings. The van der Waals surface area contributed by atoms with Crippen LogP contribution in [0.5, 0.6) is 0 Å². The fourth-order valence-corrected chi connectivity index (χ4v) is 3.58. The van der Waals surface area contributed by atoms with Gasteiger partial charge < -0.3 is 9.84 Å². The fourth-order valence-electron chi connectivity index (χ4n) is 3.58. The Morgan fingerprint density at radius 2 is 1.22 bits per heavy atom. The summed E-state index contributed by atoms with van der Waals surface area (Å²) in [7, 11) is 0. The lowest BCUT2D eigenvalue weighted by atomic mass is 10.1. The third-order valence-corrected chi connectivity index (χ3v) is 5.22. The molecule has 1 heterocycles. The Hall–Kier alpha value is -1.72. The Morgan fingerprint density at radius 1 is 0.781 bits per heavy atom. The number of unbranched alkanes of at least 4 members (excludes halogenated alkanes) is 9. The minimum Gasteiger partial charge on any atom is -0.389 e. The Morgan fingerprint density at radius 3 is 1.69 bits per heavy atom. The van der Waals surface area contributed by atoms with Gasteiger partial charge in [0.15, 0.2) is 0 Å². The number of hydrogen-bond donors (Lipinski definition) is 1. The molecule has 0 aromatic heterocycles. The maximum absolute atomic E-state index is 12.3. The average molecular weight is 450 g/mol. The molecule has 0 aliphatic carbocycles. The topological polar surface area (TPSA) is 66.8 Å². The molecule has 0 fully saturated rings. The van der Waals surface area contributed by atoms with Crippen LogP contribution in [0, 0.1) is 0 Å². The number of imide groups is 1. The number of ether oxygens (including phenoxy) is 1. The highest BCUT2D eigenvalue weighted by Gasteiger charge is 2.35. The first kappa shape index (κ1) is 30.3. The van der Waals surface area contributed by atoms with Gasteiger partial charge in [-0.3, -0.25) is 14.5 Å². The highest BCUT2D eigenvalue weighted by Crippen LogP contribution is 2.22. The van der Waals surface area contributed by atoms with Gasteiger partial charge in [-0.1, -0.05) is 105 Å². The van der Waals surface area contributed by atoms with Crippen LogP contribution in [0.1, 0.15) is 120 Å². The number of benzene rings is 1. The Labute approximate surface area is 196 Å². The van der Waals surface area contributed by atoms with Crippen molar-refractivity contribution in [3.63, 3.8) is 0 Å². The maximum atomic E-state index is 12.3. The van der Waals surface area contributed by atoms with E-state index in [0.29, 0.717) is 17.7 Å². The number of β-amino-alcohol motifs (C(OH)–C–C–N with tert-alkyl or cyclic N) is 1. The second-order valence-electron chi connectivity index (χ2n) is 7.68. The monoisotopic (exact) mass is 449 g/mol. The van der Waals surface area contributed by atoms with Crippen LogP contribution in [0.15, 0.2) is 24.3 Å². The maximum Gasteiger partial charge on any atom is 0.261 e. The summed E-state index contributed by atoms with van der Waals surface area (Å²) < 4.78 is 5.53. The summed E-state index contributed by atoms with van der Waals surface area (Å²) in [5.41, 5.74) is 0.817. The standard InChI is InChI=1S/C23H35NO4.2C2H6/c1-2-3-4-5-6-7-8-9-10-13-16-28-18-19(25)17-24-22(26)20-14-11-12-15-21(20)23(24)27;2*1-2/h11-12,14-15,19,25H,2-10,13,16-18H2,1H3;2*1-2H3. The van der Waals surface area contributed by atoms with E-state index in [0.717, 1.165) is 17.7 Å². The molecule has 0 bridgehead atoms. The lowest BCUT2D eigenvalue weighted by Crippen LogP contribution is -2.38. The van der Waals surface area contributed by atoms with Gasteiger partial charge in [0.2, 0.25) is 0 Å². The van der Waals surface area contributed by atoms with E-state index in [2.05, 4.69) is 6.92 Å². The van der Waals surface area contributed by atoms with E-state index in [9.17, 15) is 14.7 Å². The average Bonchev–Trinajstić information content (AvgIpc) is 3.07. The van der Waals surface area contributed by atoms with Crippen LogP contribution in [0.2, 0.25) is 0 Å². The predicted octanol–water partition coefficient (Wildman–Crippen LogP) is 6.63. The molecule has 32 heavy (non-hydrogen) atoms. The fraction of sp³-hybridized carbons (Fsp3) is 0.704. The van der Waals surface area contributed by atoms with Crippen molar-refractivity contribution in [3.8, 4) is 0 Å². The molecular weight excluding hydrogens is 402 g/mol. The first-order chi connectivity index (χ1) is 15.6. The van der Waals surface area contributed by atoms with Crippen LogP contribution in [-0.4, -0.2) is 47.7 Å². The van der Waals surface area contributed by atoms with Crippen molar-refractivity contribution in [1.29, 1.82) is 0 Å². The van der Waals surface area contributed by atoms with Gasteiger partial charge >= 0.3 is 0 Å². The van der Waals surface area contributed by atoms with E-state index in [1.807, 2.05) is 27.7 Å². The van der Waals surface area contributed by atoms with Crippen molar-refractivity contribution in [1.82, 2.24) is 4.90 Å². The molecule has 2 amide bonds. The number of amides is 2. The van der Waals surface area contributed by atoms with Crippen LogP contribution >= 0.6 is 0 Å². The molecule has 5 heteroatoms. The zero-order chi connectivity index (χ0) is 24.2. The summed E-state index contributed by atoms with van der Waals surface area (Å²) in [5.74, 6) is -0.677. The predicted molar refractivity (Wildman–Crippen MR) is 133 cm³/mol. The van der Waals surface area contributed by atoms with Crippen molar-refractivity contribution < 1.29 is 19.4 Å². The van der Waals surface area contributed by atoms with E-state index in [-0.39, 0.29) is 25.0 Å².